The van der Waals surface area contributed by atoms with E-state index in [1.165, 1.54) is 4.90 Å². The predicted molar refractivity (Wildman–Crippen MR) is 90.8 cm³/mol. The number of primary amides is 1. The maximum absolute atomic E-state index is 12.6. The zero-order chi connectivity index (χ0) is 17.3. The average Bonchev–Trinajstić information content (AvgIpc) is 3.01. The molecule has 1 fully saturated rings. The van der Waals surface area contributed by atoms with Gasteiger partial charge in [0, 0.05) is 30.8 Å². The fraction of sp³-hybridized carbons (Fsp3) is 0.471. The average molecular weight is 330 g/mol. The molecule has 128 valence electrons. The van der Waals surface area contributed by atoms with Gasteiger partial charge in [0.05, 0.1) is 12.2 Å². The van der Waals surface area contributed by atoms with Gasteiger partial charge in [-0.3, -0.25) is 14.6 Å². The first kappa shape index (κ1) is 16.4. The van der Waals surface area contributed by atoms with Crippen LogP contribution >= 0.6 is 0 Å². The van der Waals surface area contributed by atoms with Gasteiger partial charge in [0.25, 0.3) is 11.8 Å². The summed E-state index contributed by atoms with van der Waals surface area (Å²) in [5, 5.41) is 16.6. The number of piperidine rings is 1. The third-order valence-electron chi connectivity index (χ3n) is 4.61. The standard InChI is InChI=1S/C17H22N4O3/c1-12-7-10-21(19-12)14-5-3-13(4-6-14)15(22)20-9-2-8-17(24,11-20)16(18)23/h3-6,24H,2,7-11H2,1H3,(H2,18,23)/t17-/m1/s1. The van der Waals surface area contributed by atoms with Gasteiger partial charge in [0.2, 0.25) is 0 Å². The number of hydrogen-bond donors (Lipinski definition) is 2. The van der Waals surface area contributed by atoms with E-state index in [4.69, 9.17) is 5.73 Å². The number of nitrogens with two attached hydrogens (primary N) is 1. The first-order valence-corrected chi connectivity index (χ1v) is 8.12. The van der Waals surface area contributed by atoms with Crippen LogP contribution in [0, 0.1) is 0 Å². The quantitative estimate of drug-likeness (QED) is 0.853. The summed E-state index contributed by atoms with van der Waals surface area (Å²) in [7, 11) is 0. The zero-order valence-electron chi connectivity index (χ0n) is 13.7. The van der Waals surface area contributed by atoms with Crippen LogP contribution in [0.2, 0.25) is 0 Å². The van der Waals surface area contributed by atoms with Crippen LogP contribution in [0.1, 0.15) is 36.5 Å². The number of rotatable bonds is 3. The second-order valence-corrected chi connectivity index (χ2v) is 6.48. The number of hydrogen-bond acceptors (Lipinski definition) is 5. The highest BCUT2D eigenvalue weighted by Gasteiger charge is 2.40. The van der Waals surface area contributed by atoms with Crippen molar-refractivity contribution in [3.8, 4) is 0 Å². The van der Waals surface area contributed by atoms with Crippen LogP contribution in [0.3, 0.4) is 0 Å². The minimum Gasteiger partial charge on any atom is -0.378 e. The van der Waals surface area contributed by atoms with Crippen molar-refractivity contribution < 1.29 is 14.7 Å². The molecule has 0 bridgehead atoms. The Labute approximate surface area is 140 Å². The number of amides is 2. The number of carbonyl (C=O) groups excluding carboxylic acids is 2. The summed E-state index contributed by atoms with van der Waals surface area (Å²) < 4.78 is 0. The van der Waals surface area contributed by atoms with Crippen molar-refractivity contribution in [2.24, 2.45) is 10.8 Å². The Kier molecular flexibility index (Phi) is 4.28. The number of benzene rings is 1. The van der Waals surface area contributed by atoms with Crippen LogP contribution in [-0.2, 0) is 4.79 Å². The van der Waals surface area contributed by atoms with Crippen LogP contribution in [0.25, 0.3) is 0 Å². The van der Waals surface area contributed by atoms with Gasteiger partial charge in [0.1, 0.15) is 0 Å². The molecule has 2 aliphatic rings. The summed E-state index contributed by atoms with van der Waals surface area (Å²) in [6.07, 6.45) is 1.78. The number of nitrogens with zero attached hydrogens (tertiary/aromatic N) is 3. The second-order valence-electron chi connectivity index (χ2n) is 6.48. The molecule has 0 radical (unpaired) electrons. The number of likely N-dealkylation sites (tertiary alicyclic amines) is 1. The maximum Gasteiger partial charge on any atom is 0.253 e. The Morgan fingerprint density at radius 2 is 1.96 bits per heavy atom. The van der Waals surface area contributed by atoms with Gasteiger partial charge in [-0.2, -0.15) is 5.10 Å². The summed E-state index contributed by atoms with van der Waals surface area (Å²) >= 11 is 0. The lowest BCUT2D eigenvalue weighted by Crippen LogP contribution is -2.57. The third kappa shape index (κ3) is 3.12. The van der Waals surface area contributed by atoms with Gasteiger partial charge in [-0.15, -0.1) is 0 Å². The largest absolute Gasteiger partial charge is 0.378 e. The Hall–Kier alpha value is -2.41. The highest BCUT2D eigenvalue weighted by atomic mass is 16.3. The van der Waals surface area contributed by atoms with E-state index in [1.807, 2.05) is 24.1 Å². The highest BCUT2D eigenvalue weighted by molar-refractivity contribution is 5.95. The van der Waals surface area contributed by atoms with Gasteiger partial charge in [0.15, 0.2) is 5.60 Å². The summed E-state index contributed by atoms with van der Waals surface area (Å²) in [6, 6.07) is 7.22. The normalized spacial score (nSPS) is 24.0. The number of β-amino-alcohol motifs (C(OH)–C–C–N with tert-alkyl or cyclic N) is 1. The van der Waals surface area contributed by atoms with Gasteiger partial charge in [-0.05, 0) is 44.0 Å². The third-order valence-corrected chi connectivity index (χ3v) is 4.61. The molecule has 2 aliphatic heterocycles. The van der Waals surface area contributed by atoms with Crippen LogP contribution in [0.4, 0.5) is 5.69 Å². The molecule has 1 atom stereocenters. The minimum atomic E-state index is -1.63. The summed E-state index contributed by atoms with van der Waals surface area (Å²) in [4.78, 5) is 25.5. The van der Waals surface area contributed by atoms with E-state index in [2.05, 4.69) is 5.10 Å². The molecule has 3 N–H and O–H groups in total. The fourth-order valence-electron chi connectivity index (χ4n) is 3.13. The molecule has 2 amide bonds. The molecule has 7 heteroatoms. The topological polar surface area (TPSA) is 99.2 Å². The Balaban J connectivity index is 1.72. The molecule has 24 heavy (non-hydrogen) atoms. The van der Waals surface area contributed by atoms with Crippen molar-refractivity contribution in [3.63, 3.8) is 0 Å². The molecule has 0 spiro atoms. The van der Waals surface area contributed by atoms with Gasteiger partial charge < -0.3 is 15.7 Å². The molecule has 2 heterocycles. The number of aliphatic hydroxyl groups is 1. The smallest absolute Gasteiger partial charge is 0.253 e. The number of hydrazone groups is 1. The number of anilines is 1. The van der Waals surface area contributed by atoms with Crippen molar-refractivity contribution in [1.29, 1.82) is 0 Å². The first-order valence-electron chi connectivity index (χ1n) is 8.12. The van der Waals surface area contributed by atoms with E-state index in [0.717, 1.165) is 24.4 Å². The highest BCUT2D eigenvalue weighted by Crippen LogP contribution is 2.24. The molecule has 0 unspecified atom stereocenters. The Bertz CT molecular complexity index is 686. The van der Waals surface area contributed by atoms with Crippen molar-refractivity contribution in [2.45, 2.75) is 31.8 Å². The minimum absolute atomic E-state index is 0.0570. The monoisotopic (exact) mass is 330 g/mol. The lowest BCUT2D eigenvalue weighted by molar-refractivity contribution is -0.140. The van der Waals surface area contributed by atoms with E-state index in [-0.39, 0.29) is 18.9 Å². The molecule has 1 aromatic rings. The van der Waals surface area contributed by atoms with Crippen molar-refractivity contribution in [2.75, 3.05) is 24.6 Å². The van der Waals surface area contributed by atoms with Gasteiger partial charge >= 0.3 is 0 Å². The Morgan fingerprint density at radius 3 is 2.54 bits per heavy atom. The van der Waals surface area contributed by atoms with E-state index in [9.17, 15) is 14.7 Å². The summed E-state index contributed by atoms with van der Waals surface area (Å²) in [5.41, 5.74) is 6.18. The summed E-state index contributed by atoms with van der Waals surface area (Å²) in [5.74, 6) is -0.986. The lowest BCUT2D eigenvalue weighted by atomic mass is 9.92. The van der Waals surface area contributed by atoms with Gasteiger partial charge in [-0.25, -0.2) is 0 Å². The van der Waals surface area contributed by atoms with E-state index >= 15 is 0 Å². The molecule has 7 nitrogen and oxygen atoms in total. The van der Waals surface area contributed by atoms with E-state index < -0.39 is 11.5 Å². The van der Waals surface area contributed by atoms with Crippen molar-refractivity contribution in [1.82, 2.24) is 4.90 Å². The van der Waals surface area contributed by atoms with Crippen LogP contribution in [-0.4, -0.2) is 52.8 Å². The molecule has 0 saturated carbocycles. The molecule has 3 rings (SSSR count). The molecule has 1 aromatic carbocycles. The molecular formula is C17H22N4O3. The zero-order valence-corrected chi connectivity index (χ0v) is 13.7. The van der Waals surface area contributed by atoms with E-state index in [1.54, 1.807) is 12.1 Å². The fourth-order valence-corrected chi connectivity index (χ4v) is 3.13. The van der Waals surface area contributed by atoms with Crippen LogP contribution < -0.4 is 10.7 Å². The molecule has 1 saturated heterocycles. The Morgan fingerprint density at radius 1 is 1.25 bits per heavy atom. The van der Waals surface area contributed by atoms with Gasteiger partial charge in [-0.1, -0.05) is 0 Å². The first-order chi connectivity index (χ1) is 11.4. The number of carbonyl (C=O) groups is 2. The predicted octanol–water partition coefficient (Wildman–Crippen LogP) is 0.725. The lowest BCUT2D eigenvalue weighted by Gasteiger charge is -2.37. The van der Waals surface area contributed by atoms with Crippen LogP contribution in [0.5, 0.6) is 0 Å². The van der Waals surface area contributed by atoms with Crippen molar-refractivity contribution >= 4 is 23.2 Å². The SMILES string of the molecule is CC1=NN(c2ccc(C(=O)N3CCC[C@](O)(C(N)=O)C3)cc2)CC1. The molecule has 0 aliphatic carbocycles. The van der Waals surface area contributed by atoms with E-state index in [0.29, 0.717) is 18.5 Å². The van der Waals surface area contributed by atoms with Crippen LogP contribution in [0.15, 0.2) is 29.4 Å². The second kappa shape index (κ2) is 6.24. The maximum atomic E-state index is 12.6. The van der Waals surface area contributed by atoms with Crippen molar-refractivity contribution in [3.05, 3.63) is 29.8 Å². The molecular weight excluding hydrogens is 308 g/mol. The molecule has 0 aromatic heterocycles. The summed E-state index contributed by atoms with van der Waals surface area (Å²) in [6.45, 7) is 3.29.